The SMILES string of the molecule is O=C(O)/C(=C\c1cc(Br)c(OCc2cccc(I)c2)c(Br)c1)NC(=O)c1ccccc1. The molecular formula is C23H16Br2INO4. The zero-order chi connectivity index (χ0) is 22.4. The average molecular weight is 657 g/mol. The molecule has 0 aliphatic rings. The van der Waals surface area contributed by atoms with Crippen molar-refractivity contribution in [2.75, 3.05) is 0 Å². The fraction of sp³-hybridized carbons (Fsp3) is 0.0435. The topological polar surface area (TPSA) is 75.6 Å². The van der Waals surface area contributed by atoms with E-state index in [0.717, 1.165) is 9.13 Å². The van der Waals surface area contributed by atoms with Gasteiger partial charge in [0.05, 0.1) is 8.95 Å². The molecule has 0 radical (unpaired) electrons. The van der Waals surface area contributed by atoms with Crippen LogP contribution >= 0.6 is 54.5 Å². The highest BCUT2D eigenvalue weighted by atomic mass is 127. The van der Waals surface area contributed by atoms with Gasteiger partial charge in [0.15, 0.2) is 0 Å². The minimum Gasteiger partial charge on any atom is -0.487 e. The van der Waals surface area contributed by atoms with Gasteiger partial charge in [-0.3, -0.25) is 4.79 Å². The van der Waals surface area contributed by atoms with E-state index in [2.05, 4.69) is 59.8 Å². The molecule has 0 aromatic heterocycles. The number of benzene rings is 3. The third-order valence-electron chi connectivity index (χ3n) is 4.12. The van der Waals surface area contributed by atoms with E-state index in [0.29, 0.717) is 32.4 Å². The lowest BCUT2D eigenvalue weighted by Gasteiger charge is -2.12. The first-order valence-corrected chi connectivity index (χ1v) is 11.7. The van der Waals surface area contributed by atoms with E-state index in [1.54, 1.807) is 42.5 Å². The molecule has 0 bridgehead atoms. The van der Waals surface area contributed by atoms with Gasteiger partial charge in [-0.05, 0) is 108 Å². The van der Waals surface area contributed by atoms with E-state index < -0.39 is 11.9 Å². The first-order valence-electron chi connectivity index (χ1n) is 9.01. The Hall–Kier alpha value is -2.17. The van der Waals surface area contributed by atoms with E-state index in [9.17, 15) is 14.7 Å². The highest BCUT2D eigenvalue weighted by molar-refractivity contribution is 14.1. The number of carboxylic acids is 1. The standard InChI is InChI=1S/C23H16Br2INO4/c24-18-10-15(11-19(25)21(18)31-13-14-5-4-8-17(26)9-14)12-20(23(29)30)27-22(28)16-6-2-1-3-7-16/h1-12H,13H2,(H,27,28)(H,29,30)/b20-12+. The number of aliphatic carboxylic acids is 1. The van der Waals surface area contributed by atoms with Crippen molar-refractivity contribution in [1.82, 2.24) is 5.32 Å². The molecular weight excluding hydrogens is 641 g/mol. The monoisotopic (exact) mass is 655 g/mol. The molecule has 0 saturated heterocycles. The van der Waals surface area contributed by atoms with Crippen LogP contribution in [0, 0.1) is 3.57 Å². The number of amides is 1. The molecule has 0 heterocycles. The summed E-state index contributed by atoms with van der Waals surface area (Å²) in [7, 11) is 0. The zero-order valence-electron chi connectivity index (χ0n) is 15.9. The molecule has 5 nitrogen and oxygen atoms in total. The summed E-state index contributed by atoms with van der Waals surface area (Å²) in [6, 6.07) is 19.9. The minimum absolute atomic E-state index is 0.236. The maximum Gasteiger partial charge on any atom is 0.352 e. The summed E-state index contributed by atoms with van der Waals surface area (Å²) in [6.45, 7) is 0.386. The van der Waals surface area contributed by atoms with Gasteiger partial charge in [-0.1, -0.05) is 30.3 Å². The number of halogens is 3. The highest BCUT2D eigenvalue weighted by Crippen LogP contribution is 2.36. The first-order chi connectivity index (χ1) is 14.8. The van der Waals surface area contributed by atoms with Gasteiger partial charge in [0, 0.05) is 9.13 Å². The van der Waals surface area contributed by atoms with Crippen molar-refractivity contribution in [3.63, 3.8) is 0 Å². The first kappa shape index (κ1) is 23.5. The second kappa shape index (κ2) is 10.9. The van der Waals surface area contributed by atoms with E-state index >= 15 is 0 Å². The summed E-state index contributed by atoms with van der Waals surface area (Å²) >= 11 is 9.21. The van der Waals surface area contributed by atoms with Crippen LogP contribution in [0.2, 0.25) is 0 Å². The number of ether oxygens (including phenoxy) is 1. The Kier molecular flexibility index (Phi) is 8.28. The molecule has 8 heteroatoms. The number of hydrogen-bond donors (Lipinski definition) is 2. The van der Waals surface area contributed by atoms with Crippen molar-refractivity contribution in [3.05, 3.63) is 102 Å². The van der Waals surface area contributed by atoms with Gasteiger partial charge in [-0.2, -0.15) is 0 Å². The average Bonchev–Trinajstić information content (AvgIpc) is 2.73. The quantitative estimate of drug-likeness (QED) is 0.233. The van der Waals surface area contributed by atoms with Crippen LogP contribution in [0.1, 0.15) is 21.5 Å². The van der Waals surface area contributed by atoms with E-state index in [1.165, 1.54) is 6.08 Å². The van der Waals surface area contributed by atoms with Crippen LogP contribution < -0.4 is 10.1 Å². The summed E-state index contributed by atoms with van der Waals surface area (Å²) in [5.74, 6) is -1.14. The number of nitrogens with one attached hydrogen (secondary N) is 1. The molecule has 0 aliphatic carbocycles. The van der Waals surface area contributed by atoms with Crippen molar-refractivity contribution in [3.8, 4) is 5.75 Å². The molecule has 0 spiro atoms. The molecule has 1 amide bonds. The van der Waals surface area contributed by atoms with Crippen LogP contribution in [0.15, 0.2) is 81.4 Å². The normalized spacial score (nSPS) is 11.1. The van der Waals surface area contributed by atoms with Gasteiger partial charge in [0.2, 0.25) is 0 Å². The maximum atomic E-state index is 12.3. The Morgan fingerprint density at radius 2 is 1.68 bits per heavy atom. The molecule has 0 fully saturated rings. The van der Waals surface area contributed by atoms with Crippen LogP contribution in [0.25, 0.3) is 6.08 Å². The lowest BCUT2D eigenvalue weighted by Crippen LogP contribution is -2.27. The predicted molar refractivity (Wildman–Crippen MR) is 135 cm³/mol. The van der Waals surface area contributed by atoms with E-state index in [-0.39, 0.29) is 5.70 Å². The third kappa shape index (κ3) is 6.65. The summed E-state index contributed by atoms with van der Waals surface area (Å²) < 4.78 is 8.36. The maximum absolute atomic E-state index is 12.3. The Bertz CT molecular complexity index is 1130. The van der Waals surface area contributed by atoms with Crippen molar-refractivity contribution in [2.24, 2.45) is 0 Å². The number of carbonyl (C=O) groups excluding carboxylic acids is 1. The van der Waals surface area contributed by atoms with Gasteiger partial charge in [0.1, 0.15) is 18.1 Å². The van der Waals surface area contributed by atoms with Crippen molar-refractivity contribution >= 4 is 72.4 Å². The molecule has 3 aromatic carbocycles. The molecule has 3 rings (SSSR count). The zero-order valence-corrected chi connectivity index (χ0v) is 21.3. The Morgan fingerprint density at radius 3 is 2.29 bits per heavy atom. The van der Waals surface area contributed by atoms with Crippen LogP contribution in [-0.4, -0.2) is 17.0 Å². The Labute approximate surface area is 209 Å². The molecule has 2 N–H and O–H groups in total. The minimum atomic E-state index is -1.24. The summed E-state index contributed by atoms with van der Waals surface area (Å²) in [4.78, 5) is 24.0. The fourth-order valence-electron chi connectivity index (χ4n) is 2.68. The summed E-state index contributed by atoms with van der Waals surface area (Å²) in [5, 5.41) is 12.0. The van der Waals surface area contributed by atoms with Crippen LogP contribution in [0.5, 0.6) is 5.75 Å². The van der Waals surface area contributed by atoms with Crippen LogP contribution in [0.3, 0.4) is 0 Å². The molecule has 3 aromatic rings. The van der Waals surface area contributed by atoms with Crippen molar-refractivity contribution in [2.45, 2.75) is 6.61 Å². The smallest absolute Gasteiger partial charge is 0.352 e. The molecule has 0 unspecified atom stereocenters. The van der Waals surface area contributed by atoms with Gasteiger partial charge in [-0.25, -0.2) is 4.79 Å². The van der Waals surface area contributed by atoms with Crippen molar-refractivity contribution in [1.29, 1.82) is 0 Å². The molecule has 31 heavy (non-hydrogen) atoms. The van der Waals surface area contributed by atoms with Crippen LogP contribution in [0.4, 0.5) is 0 Å². The number of carboxylic acid groups (broad SMARTS) is 1. The lowest BCUT2D eigenvalue weighted by molar-refractivity contribution is -0.132. The van der Waals surface area contributed by atoms with Gasteiger partial charge in [0.25, 0.3) is 5.91 Å². The number of hydrogen-bond acceptors (Lipinski definition) is 3. The van der Waals surface area contributed by atoms with Gasteiger partial charge < -0.3 is 15.2 Å². The number of carbonyl (C=O) groups is 2. The van der Waals surface area contributed by atoms with Crippen molar-refractivity contribution < 1.29 is 19.4 Å². The summed E-state index contributed by atoms with van der Waals surface area (Å²) in [6.07, 6.45) is 1.39. The molecule has 0 saturated carbocycles. The van der Waals surface area contributed by atoms with Gasteiger partial charge in [-0.15, -0.1) is 0 Å². The Balaban J connectivity index is 1.80. The second-order valence-electron chi connectivity index (χ2n) is 6.42. The Morgan fingerprint density at radius 1 is 1.00 bits per heavy atom. The molecule has 158 valence electrons. The highest BCUT2D eigenvalue weighted by Gasteiger charge is 2.15. The predicted octanol–water partition coefficient (Wildman–Crippen LogP) is 6.25. The molecule has 0 atom stereocenters. The third-order valence-corrected chi connectivity index (χ3v) is 5.97. The largest absolute Gasteiger partial charge is 0.487 e. The number of rotatable bonds is 7. The van der Waals surface area contributed by atoms with E-state index in [4.69, 9.17) is 4.74 Å². The molecule has 0 aliphatic heterocycles. The van der Waals surface area contributed by atoms with Gasteiger partial charge >= 0.3 is 5.97 Å². The fourth-order valence-corrected chi connectivity index (χ4v) is 4.74. The second-order valence-corrected chi connectivity index (χ2v) is 9.37. The van der Waals surface area contributed by atoms with E-state index in [1.807, 2.05) is 24.3 Å². The lowest BCUT2D eigenvalue weighted by atomic mass is 10.1. The summed E-state index contributed by atoms with van der Waals surface area (Å²) in [5.41, 5.74) is 1.74. The van der Waals surface area contributed by atoms with Crippen LogP contribution in [-0.2, 0) is 11.4 Å².